The molecule has 0 aromatic rings. The van der Waals surface area contributed by atoms with Gasteiger partial charge in [-0.15, -0.1) is 0 Å². The lowest BCUT2D eigenvalue weighted by Gasteiger charge is -2.30. The van der Waals surface area contributed by atoms with Gasteiger partial charge < -0.3 is 10.6 Å². The average Bonchev–Trinajstić information content (AvgIpc) is 2.71. The highest BCUT2D eigenvalue weighted by Crippen LogP contribution is 2.28. The Morgan fingerprint density at radius 2 is 1.68 bits per heavy atom. The van der Waals surface area contributed by atoms with Gasteiger partial charge in [0.05, 0.1) is 0 Å². The largest absolute Gasteiger partial charge is 0.338 e. The highest BCUT2D eigenvalue weighted by Gasteiger charge is 2.25. The van der Waals surface area contributed by atoms with Crippen molar-refractivity contribution in [2.75, 3.05) is 13.1 Å². The molecule has 2 aliphatic rings. The minimum Gasteiger partial charge on any atom is -0.338 e. The predicted molar refractivity (Wildman–Crippen MR) is 78.8 cm³/mol. The molecule has 0 aromatic heterocycles. The van der Waals surface area contributed by atoms with Gasteiger partial charge in [0, 0.05) is 25.6 Å². The second kappa shape index (κ2) is 7.88. The fraction of sp³-hybridized carbons (Fsp3) is 0.938. The lowest BCUT2D eigenvalue weighted by atomic mass is 9.86. The van der Waals surface area contributed by atoms with Crippen molar-refractivity contribution in [3.63, 3.8) is 0 Å². The summed E-state index contributed by atoms with van der Waals surface area (Å²) in [4.78, 5) is 14.5. The molecule has 3 nitrogen and oxygen atoms in total. The number of nitrogens with zero attached hydrogens (tertiary/aromatic N) is 1. The van der Waals surface area contributed by atoms with Crippen LogP contribution in [-0.4, -0.2) is 29.9 Å². The van der Waals surface area contributed by atoms with Gasteiger partial charge in [0.25, 0.3) is 0 Å². The molecule has 1 saturated heterocycles. The monoisotopic (exact) mass is 266 g/mol. The van der Waals surface area contributed by atoms with Crippen molar-refractivity contribution in [2.24, 2.45) is 11.7 Å². The zero-order chi connectivity index (χ0) is 13.5. The summed E-state index contributed by atoms with van der Waals surface area (Å²) in [5.74, 6) is 1.17. The van der Waals surface area contributed by atoms with Gasteiger partial charge in [0.2, 0.25) is 5.91 Å². The molecule has 0 bridgehead atoms. The van der Waals surface area contributed by atoms with E-state index in [2.05, 4.69) is 4.90 Å². The van der Waals surface area contributed by atoms with Crippen LogP contribution in [0.4, 0.5) is 0 Å². The third-order valence-electron chi connectivity index (χ3n) is 4.96. The molecule has 1 unspecified atom stereocenters. The molecular weight excluding hydrogens is 236 g/mol. The van der Waals surface area contributed by atoms with Crippen molar-refractivity contribution in [2.45, 2.75) is 76.7 Å². The Bertz CT molecular complexity index is 274. The molecule has 0 spiro atoms. The highest BCUT2D eigenvalue weighted by molar-refractivity contribution is 5.76. The second-order valence-electron chi connectivity index (χ2n) is 6.37. The van der Waals surface area contributed by atoms with Gasteiger partial charge in [-0.2, -0.15) is 0 Å². The van der Waals surface area contributed by atoms with Crippen molar-refractivity contribution in [3.8, 4) is 0 Å². The van der Waals surface area contributed by atoms with Crippen molar-refractivity contribution < 1.29 is 4.79 Å². The molecule has 3 heteroatoms. The van der Waals surface area contributed by atoms with Gasteiger partial charge in [-0.05, 0) is 25.2 Å². The SMILES string of the molecule is NCC1CCCCCN1C(=O)CCC1CCCCC1. The summed E-state index contributed by atoms with van der Waals surface area (Å²) in [6.07, 6.45) is 13.4. The fourth-order valence-electron chi connectivity index (χ4n) is 3.70. The first kappa shape index (κ1) is 14.8. The third kappa shape index (κ3) is 4.48. The molecule has 0 radical (unpaired) electrons. The third-order valence-corrected chi connectivity index (χ3v) is 4.96. The summed E-state index contributed by atoms with van der Waals surface area (Å²) in [6, 6.07) is 0.307. The Kier molecular flexibility index (Phi) is 6.15. The number of nitrogens with two attached hydrogens (primary N) is 1. The van der Waals surface area contributed by atoms with E-state index < -0.39 is 0 Å². The van der Waals surface area contributed by atoms with Crippen LogP contribution in [0, 0.1) is 5.92 Å². The summed E-state index contributed by atoms with van der Waals surface area (Å²) < 4.78 is 0. The lowest BCUT2D eigenvalue weighted by Crippen LogP contribution is -2.44. The van der Waals surface area contributed by atoms with Crippen molar-refractivity contribution in [3.05, 3.63) is 0 Å². The molecule has 1 aliphatic heterocycles. The number of likely N-dealkylation sites (tertiary alicyclic amines) is 1. The van der Waals surface area contributed by atoms with Crippen LogP contribution in [0.25, 0.3) is 0 Å². The molecule has 1 amide bonds. The molecule has 1 aliphatic carbocycles. The van der Waals surface area contributed by atoms with Crippen LogP contribution in [-0.2, 0) is 4.79 Å². The number of hydrogen-bond donors (Lipinski definition) is 1. The predicted octanol–water partition coefficient (Wildman–Crippen LogP) is 3.08. The number of rotatable bonds is 4. The lowest BCUT2D eigenvalue weighted by molar-refractivity contribution is -0.133. The maximum Gasteiger partial charge on any atom is 0.222 e. The van der Waals surface area contributed by atoms with E-state index in [1.807, 2.05) is 0 Å². The Labute approximate surface area is 117 Å². The molecular formula is C16H30N2O. The molecule has 1 atom stereocenters. The Morgan fingerprint density at radius 1 is 1.00 bits per heavy atom. The highest BCUT2D eigenvalue weighted by atomic mass is 16.2. The topological polar surface area (TPSA) is 46.3 Å². The van der Waals surface area contributed by atoms with E-state index in [1.165, 1.54) is 44.9 Å². The summed E-state index contributed by atoms with van der Waals surface area (Å²) in [7, 11) is 0. The summed E-state index contributed by atoms with van der Waals surface area (Å²) in [5, 5.41) is 0. The maximum atomic E-state index is 12.4. The van der Waals surface area contributed by atoms with Crippen LogP contribution in [0.15, 0.2) is 0 Å². The van der Waals surface area contributed by atoms with Crippen LogP contribution < -0.4 is 5.73 Å². The molecule has 2 N–H and O–H groups in total. The standard InChI is InChI=1S/C16H30N2O/c17-13-15-9-5-2-6-12-18(15)16(19)11-10-14-7-3-1-4-8-14/h14-15H,1-13,17H2. The molecule has 2 rings (SSSR count). The van der Waals surface area contributed by atoms with Crippen molar-refractivity contribution in [1.29, 1.82) is 0 Å². The average molecular weight is 266 g/mol. The van der Waals surface area contributed by atoms with Gasteiger partial charge in [0.1, 0.15) is 0 Å². The molecule has 1 saturated carbocycles. The van der Waals surface area contributed by atoms with Crippen LogP contribution in [0.1, 0.15) is 70.6 Å². The van der Waals surface area contributed by atoms with E-state index in [0.29, 0.717) is 18.5 Å². The summed E-state index contributed by atoms with van der Waals surface area (Å²) >= 11 is 0. The van der Waals surface area contributed by atoms with Gasteiger partial charge in [-0.25, -0.2) is 0 Å². The van der Waals surface area contributed by atoms with Crippen LogP contribution in [0.3, 0.4) is 0 Å². The van der Waals surface area contributed by atoms with Gasteiger partial charge in [-0.1, -0.05) is 44.9 Å². The van der Waals surface area contributed by atoms with Crippen molar-refractivity contribution >= 4 is 5.91 Å². The van der Waals surface area contributed by atoms with Crippen molar-refractivity contribution in [1.82, 2.24) is 4.90 Å². The van der Waals surface area contributed by atoms with Gasteiger partial charge in [-0.3, -0.25) is 4.79 Å². The molecule has 0 aromatic carbocycles. The Morgan fingerprint density at radius 3 is 2.42 bits per heavy atom. The summed E-state index contributed by atoms with van der Waals surface area (Å²) in [5.41, 5.74) is 5.85. The van der Waals surface area contributed by atoms with E-state index in [1.54, 1.807) is 0 Å². The molecule has 2 fully saturated rings. The Balaban J connectivity index is 1.79. The number of carbonyl (C=O) groups is 1. The second-order valence-corrected chi connectivity index (χ2v) is 6.37. The minimum atomic E-state index is 0.307. The van der Waals surface area contributed by atoms with Crippen LogP contribution in [0.5, 0.6) is 0 Å². The van der Waals surface area contributed by atoms with E-state index in [0.717, 1.165) is 38.1 Å². The molecule has 110 valence electrons. The quantitative estimate of drug-likeness (QED) is 0.850. The van der Waals surface area contributed by atoms with E-state index >= 15 is 0 Å². The van der Waals surface area contributed by atoms with Crippen LogP contribution >= 0.6 is 0 Å². The fourth-order valence-corrected chi connectivity index (χ4v) is 3.70. The van der Waals surface area contributed by atoms with Crippen LogP contribution in [0.2, 0.25) is 0 Å². The first-order valence-corrected chi connectivity index (χ1v) is 8.31. The molecule has 19 heavy (non-hydrogen) atoms. The summed E-state index contributed by atoms with van der Waals surface area (Å²) in [6.45, 7) is 1.57. The number of hydrogen-bond acceptors (Lipinski definition) is 2. The minimum absolute atomic E-state index is 0.307. The molecule has 1 heterocycles. The van der Waals surface area contributed by atoms with E-state index in [-0.39, 0.29) is 0 Å². The first-order valence-electron chi connectivity index (χ1n) is 8.31. The number of amides is 1. The van der Waals surface area contributed by atoms with E-state index in [9.17, 15) is 4.79 Å². The normalized spacial score (nSPS) is 26.2. The first-order chi connectivity index (χ1) is 9.31. The zero-order valence-electron chi connectivity index (χ0n) is 12.3. The Hall–Kier alpha value is -0.570. The van der Waals surface area contributed by atoms with Gasteiger partial charge in [0.15, 0.2) is 0 Å². The maximum absolute atomic E-state index is 12.4. The van der Waals surface area contributed by atoms with Gasteiger partial charge >= 0.3 is 0 Å². The zero-order valence-corrected chi connectivity index (χ0v) is 12.3. The number of carbonyl (C=O) groups excluding carboxylic acids is 1. The smallest absolute Gasteiger partial charge is 0.222 e. The van der Waals surface area contributed by atoms with E-state index in [4.69, 9.17) is 5.73 Å².